The van der Waals surface area contributed by atoms with Crippen LogP contribution in [0.3, 0.4) is 0 Å². The Morgan fingerprint density at radius 2 is 1.83 bits per heavy atom. The van der Waals surface area contributed by atoms with Gasteiger partial charge in [-0.15, -0.1) is 0 Å². The van der Waals surface area contributed by atoms with E-state index in [0.717, 1.165) is 0 Å². The second kappa shape index (κ2) is 8.13. The van der Waals surface area contributed by atoms with Gasteiger partial charge in [0, 0.05) is 19.9 Å². The first kappa shape index (κ1) is 18.2. The molecule has 24 heavy (non-hydrogen) atoms. The molecule has 1 N–H and O–H groups in total. The van der Waals surface area contributed by atoms with Crippen LogP contribution in [-0.4, -0.2) is 18.4 Å². The molecule has 0 saturated carbocycles. The van der Waals surface area contributed by atoms with Crippen molar-refractivity contribution in [2.45, 2.75) is 13.3 Å². The van der Waals surface area contributed by atoms with E-state index in [1.165, 1.54) is 30.0 Å². The van der Waals surface area contributed by atoms with E-state index in [2.05, 4.69) is 5.32 Å². The fraction of sp³-hybridized carbons (Fsp3) is 0.176. The minimum absolute atomic E-state index is 0.0171. The number of halogens is 3. The van der Waals surface area contributed by atoms with E-state index in [1.54, 1.807) is 24.3 Å². The third-order valence-electron chi connectivity index (χ3n) is 3.31. The van der Waals surface area contributed by atoms with E-state index in [1.807, 2.05) is 0 Å². The van der Waals surface area contributed by atoms with Crippen LogP contribution in [0.5, 0.6) is 0 Å². The van der Waals surface area contributed by atoms with Crippen LogP contribution >= 0.6 is 23.2 Å². The van der Waals surface area contributed by atoms with E-state index < -0.39 is 11.7 Å². The molecule has 0 atom stereocenters. The van der Waals surface area contributed by atoms with Gasteiger partial charge >= 0.3 is 0 Å². The van der Waals surface area contributed by atoms with Crippen molar-refractivity contribution in [1.82, 2.24) is 0 Å². The van der Waals surface area contributed by atoms with Crippen LogP contribution in [0.4, 0.5) is 15.8 Å². The van der Waals surface area contributed by atoms with Crippen LogP contribution in [0.1, 0.15) is 13.3 Å². The van der Waals surface area contributed by atoms with Gasteiger partial charge in [-0.25, -0.2) is 4.39 Å². The summed E-state index contributed by atoms with van der Waals surface area (Å²) < 4.78 is 13.5. The summed E-state index contributed by atoms with van der Waals surface area (Å²) in [5, 5.41) is 3.03. The highest BCUT2D eigenvalue weighted by atomic mass is 35.5. The molecular weight excluding hydrogens is 354 g/mol. The van der Waals surface area contributed by atoms with Crippen molar-refractivity contribution in [3.63, 3.8) is 0 Å². The first-order valence-corrected chi connectivity index (χ1v) is 7.92. The van der Waals surface area contributed by atoms with Crippen LogP contribution in [0.25, 0.3) is 0 Å². The second-order valence-corrected chi connectivity index (χ2v) is 5.81. The average molecular weight is 369 g/mol. The lowest BCUT2D eigenvalue weighted by atomic mass is 10.2. The Kier molecular flexibility index (Phi) is 6.17. The van der Waals surface area contributed by atoms with E-state index >= 15 is 0 Å². The zero-order valence-electron chi connectivity index (χ0n) is 12.9. The fourth-order valence-electron chi connectivity index (χ4n) is 2.14. The molecule has 0 aliphatic heterocycles. The first-order chi connectivity index (χ1) is 11.4. The average Bonchev–Trinajstić information content (AvgIpc) is 2.53. The number of anilines is 2. The van der Waals surface area contributed by atoms with Crippen molar-refractivity contribution < 1.29 is 14.0 Å². The van der Waals surface area contributed by atoms with E-state index in [-0.39, 0.29) is 29.6 Å². The smallest absolute Gasteiger partial charge is 0.226 e. The number of hydrogen-bond acceptors (Lipinski definition) is 2. The standard InChI is InChI=1S/C17H15Cl2FN2O2/c1-11(23)22(15-8-4-5-12(18)17(15)19)10-9-16(24)21-14-7-3-2-6-13(14)20/h2-8H,9-10H2,1H3,(H,21,24). The molecule has 126 valence electrons. The van der Waals surface area contributed by atoms with Crippen LogP contribution in [-0.2, 0) is 9.59 Å². The Bertz CT molecular complexity index is 768. The molecule has 2 aromatic rings. The predicted octanol–water partition coefficient (Wildman–Crippen LogP) is 4.51. The van der Waals surface area contributed by atoms with E-state index in [0.29, 0.717) is 10.7 Å². The number of carbonyl (C=O) groups is 2. The zero-order chi connectivity index (χ0) is 17.7. The molecule has 0 bridgehead atoms. The molecule has 0 spiro atoms. The monoisotopic (exact) mass is 368 g/mol. The van der Waals surface area contributed by atoms with Crippen LogP contribution in [0.2, 0.25) is 10.0 Å². The topological polar surface area (TPSA) is 49.4 Å². The van der Waals surface area contributed by atoms with Gasteiger partial charge in [-0.05, 0) is 24.3 Å². The molecule has 7 heteroatoms. The molecular formula is C17H15Cl2FN2O2. The molecule has 2 amide bonds. The number of amides is 2. The van der Waals surface area contributed by atoms with Crippen molar-refractivity contribution in [1.29, 1.82) is 0 Å². The minimum atomic E-state index is -0.521. The zero-order valence-corrected chi connectivity index (χ0v) is 14.4. The number of nitrogens with zero attached hydrogens (tertiary/aromatic N) is 1. The summed E-state index contributed by atoms with van der Waals surface area (Å²) >= 11 is 12.1. The molecule has 0 aliphatic rings. The maximum absolute atomic E-state index is 13.5. The highest BCUT2D eigenvalue weighted by Gasteiger charge is 2.18. The molecule has 0 fully saturated rings. The van der Waals surface area contributed by atoms with Gasteiger partial charge in [0.2, 0.25) is 11.8 Å². The van der Waals surface area contributed by atoms with Crippen LogP contribution < -0.4 is 10.2 Å². The van der Waals surface area contributed by atoms with Crippen molar-refractivity contribution in [3.8, 4) is 0 Å². The van der Waals surface area contributed by atoms with Gasteiger partial charge in [0.1, 0.15) is 5.82 Å². The Hall–Kier alpha value is -2.11. The summed E-state index contributed by atoms with van der Waals surface area (Å²) in [5.41, 5.74) is 0.521. The van der Waals surface area contributed by atoms with Gasteiger partial charge in [-0.3, -0.25) is 9.59 Å². The first-order valence-electron chi connectivity index (χ1n) is 7.16. The van der Waals surface area contributed by atoms with Gasteiger partial charge < -0.3 is 10.2 Å². The summed E-state index contributed by atoms with van der Waals surface area (Å²) in [6.07, 6.45) is -0.0171. The number of rotatable bonds is 5. The van der Waals surface area contributed by atoms with Crippen molar-refractivity contribution in [3.05, 3.63) is 58.3 Å². The van der Waals surface area contributed by atoms with Gasteiger partial charge in [-0.1, -0.05) is 41.4 Å². The fourth-order valence-corrected chi connectivity index (χ4v) is 2.53. The summed E-state index contributed by atoms with van der Waals surface area (Å²) in [6, 6.07) is 10.8. The minimum Gasteiger partial charge on any atom is -0.324 e. The normalized spacial score (nSPS) is 10.3. The quantitative estimate of drug-likeness (QED) is 0.843. The molecule has 0 radical (unpaired) electrons. The molecule has 0 aromatic heterocycles. The lowest BCUT2D eigenvalue weighted by Gasteiger charge is -2.22. The number of benzene rings is 2. The number of carbonyl (C=O) groups excluding carboxylic acids is 2. The van der Waals surface area contributed by atoms with E-state index in [9.17, 15) is 14.0 Å². The Balaban J connectivity index is 2.07. The number of para-hydroxylation sites is 1. The number of nitrogens with one attached hydrogen (secondary N) is 1. The lowest BCUT2D eigenvalue weighted by Crippen LogP contribution is -2.32. The SMILES string of the molecule is CC(=O)N(CCC(=O)Nc1ccccc1F)c1cccc(Cl)c1Cl. The summed E-state index contributed by atoms with van der Waals surface area (Å²) in [6.45, 7) is 1.46. The maximum Gasteiger partial charge on any atom is 0.226 e. The van der Waals surface area contributed by atoms with Crippen molar-refractivity contribution in [2.75, 3.05) is 16.8 Å². The van der Waals surface area contributed by atoms with Gasteiger partial charge in [0.25, 0.3) is 0 Å². The molecule has 0 heterocycles. The molecule has 0 saturated heterocycles. The molecule has 0 unspecified atom stereocenters. The van der Waals surface area contributed by atoms with Crippen LogP contribution in [0.15, 0.2) is 42.5 Å². The Morgan fingerprint density at radius 3 is 2.50 bits per heavy atom. The van der Waals surface area contributed by atoms with Crippen LogP contribution in [0, 0.1) is 5.82 Å². The molecule has 2 aromatic carbocycles. The summed E-state index contributed by atoms with van der Waals surface area (Å²) in [5.74, 6) is -1.21. The highest BCUT2D eigenvalue weighted by Crippen LogP contribution is 2.32. The van der Waals surface area contributed by atoms with E-state index in [4.69, 9.17) is 23.2 Å². The van der Waals surface area contributed by atoms with Crippen molar-refractivity contribution >= 4 is 46.4 Å². The maximum atomic E-state index is 13.5. The Labute approximate surface area is 149 Å². The van der Waals surface area contributed by atoms with Gasteiger partial charge in [0.05, 0.1) is 21.4 Å². The third kappa shape index (κ3) is 4.46. The third-order valence-corrected chi connectivity index (χ3v) is 4.12. The van der Waals surface area contributed by atoms with Gasteiger partial charge in [0.15, 0.2) is 0 Å². The largest absolute Gasteiger partial charge is 0.324 e. The molecule has 2 rings (SSSR count). The second-order valence-electron chi connectivity index (χ2n) is 5.02. The molecule has 4 nitrogen and oxygen atoms in total. The summed E-state index contributed by atoms with van der Waals surface area (Å²) in [4.78, 5) is 25.2. The highest BCUT2D eigenvalue weighted by molar-refractivity contribution is 6.44. The Morgan fingerprint density at radius 1 is 1.12 bits per heavy atom. The lowest BCUT2D eigenvalue weighted by molar-refractivity contribution is -0.117. The predicted molar refractivity (Wildman–Crippen MR) is 94.1 cm³/mol. The van der Waals surface area contributed by atoms with Crippen molar-refractivity contribution in [2.24, 2.45) is 0 Å². The summed E-state index contributed by atoms with van der Waals surface area (Å²) in [7, 11) is 0. The molecule has 0 aliphatic carbocycles. The van der Waals surface area contributed by atoms with Gasteiger partial charge in [-0.2, -0.15) is 0 Å². The number of hydrogen-bond donors (Lipinski definition) is 1.